The molecular weight excluding hydrogens is 311 g/mol. The smallest absolute Gasteiger partial charge is 0 e. The van der Waals surface area contributed by atoms with Crippen LogP contribution in [0, 0.1) is 0 Å². The third-order valence-corrected chi connectivity index (χ3v) is 5.46. The predicted octanol–water partition coefficient (Wildman–Crippen LogP) is 9.23. The van der Waals surface area contributed by atoms with Crippen LogP contribution in [-0.4, -0.2) is 29.6 Å². The van der Waals surface area contributed by atoms with E-state index in [-0.39, 0.29) is 29.6 Å². The SMILES string of the molecule is CCCCCCCCCCCCCCCCCCCCCCCC.[Na]. The van der Waals surface area contributed by atoms with Crippen LogP contribution in [0.2, 0.25) is 0 Å². The number of rotatable bonds is 21. The molecule has 0 atom stereocenters. The molecule has 0 aromatic rings. The van der Waals surface area contributed by atoms with Crippen LogP contribution in [0.3, 0.4) is 0 Å². The van der Waals surface area contributed by atoms with Crippen molar-refractivity contribution >= 4 is 29.6 Å². The molecule has 0 fully saturated rings. The number of hydrogen-bond donors (Lipinski definition) is 0. The first kappa shape index (κ1) is 28.2. The minimum atomic E-state index is 0. The van der Waals surface area contributed by atoms with Gasteiger partial charge in [0.25, 0.3) is 0 Å². The van der Waals surface area contributed by atoms with Crippen molar-refractivity contribution < 1.29 is 0 Å². The second kappa shape index (κ2) is 27.2. The first-order valence-electron chi connectivity index (χ1n) is 11.9. The van der Waals surface area contributed by atoms with Crippen molar-refractivity contribution in [3.63, 3.8) is 0 Å². The first-order chi connectivity index (χ1) is 11.9. The molecule has 0 saturated carbocycles. The topological polar surface area (TPSA) is 0 Å². The molecule has 0 aliphatic carbocycles. The van der Waals surface area contributed by atoms with Crippen molar-refractivity contribution in [2.24, 2.45) is 0 Å². The van der Waals surface area contributed by atoms with Gasteiger partial charge in [-0.1, -0.05) is 155 Å². The van der Waals surface area contributed by atoms with E-state index < -0.39 is 0 Å². The molecule has 0 spiro atoms. The summed E-state index contributed by atoms with van der Waals surface area (Å²) in [5, 5.41) is 0. The second-order valence-corrected chi connectivity index (χ2v) is 8.07. The maximum absolute atomic E-state index is 2.30. The number of hydrogen-bond acceptors (Lipinski definition) is 0. The maximum atomic E-state index is 2.30. The van der Waals surface area contributed by atoms with Crippen LogP contribution in [0.5, 0.6) is 0 Å². The predicted molar refractivity (Wildman–Crippen MR) is 119 cm³/mol. The zero-order valence-electron chi connectivity index (χ0n) is 18.6. The third-order valence-electron chi connectivity index (χ3n) is 5.46. The Morgan fingerprint density at radius 2 is 0.360 bits per heavy atom. The van der Waals surface area contributed by atoms with Gasteiger partial charge in [0.15, 0.2) is 0 Å². The fourth-order valence-corrected chi connectivity index (χ4v) is 3.68. The molecule has 1 heteroatoms. The molecule has 25 heavy (non-hydrogen) atoms. The Labute approximate surface area is 184 Å². The molecule has 1 radical (unpaired) electrons. The first-order valence-corrected chi connectivity index (χ1v) is 11.9. The van der Waals surface area contributed by atoms with E-state index in [9.17, 15) is 0 Å². The molecule has 0 saturated heterocycles. The van der Waals surface area contributed by atoms with Gasteiger partial charge in [-0.2, -0.15) is 0 Å². The van der Waals surface area contributed by atoms with E-state index in [1.807, 2.05) is 0 Å². The van der Waals surface area contributed by atoms with Gasteiger partial charge in [-0.25, -0.2) is 0 Å². The molecule has 0 rings (SSSR count). The Morgan fingerprint density at radius 3 is 0.480 bits per heavy atom. The molecule has 0 unspecified atom stereocenters. The van der Waals surface area contributed by atoms with Gasteiger partial charge in [0.1, 0.15) is 0 Å². The monoisotopic (exact) mass is 361 g/mol. The van der Waals surface area contributed by atoms with Crippen LogP contribution in [0.25, 0.3) is 0 Å². The fraction of sp³-hybridized carbons (Fsp3) is 1.00. The molecule has 0 aliphatic heterocycles. The van der Waals surface area contributed by atoms with Crippen LogP contribution in [0.1, 0.15) is 155 Å². The van der Waals surface area contributed by atoms with E-state index in [4.69, 9.17) is 0 Å². The van der Waals surface area contributed by atoms with E-state index in [0.29, 0.717) is 0 Å². The number of unbranched alkanes of at least 4 members (excludes halogenated alkanes) is 21. The average Bonchev–Trinajstić information content (AvgIpc) is 2.60. The molecule has 0 heterocycles. The van der Waals surface area contributed by atoms with Gasteiger partial charge in [0.05, 0.1) is 0 Å². The van der Waals surface area contributed by atoms with Gasteiger partial charge in [0, 0.05) is 29.6 Å². The van der Waals surface area contributed by atoms with Gasteiger partial charge in [0.2, 0.25) is 0 Å². The Bertz CT molecular complexity index is 180. The van der Waals surface area contributed by atoms with Gasteiger partial charge in [-0.15, -0.1) is 0 Å². The van der Waals surface area contributed by atoms with Crippen molar-refractivity contribution in [1.82, 2.24) is 0 Å². The summed E-state index contributed by atoms with van der Waals surface area (Å²) in [7, 11) is 0. The Hall–Kier alpha value is 1.00. The van der Waals surface area contributed by atoms with Crippen LogP contribution in [0.15, 0.2) is 0 Å². The van der Waals surface area contributed by atoms with Gasteiger partial charge in [-0.05, 0) is 0 Å². The van der Waals surface area contributed by atoms with Crippen molar-refractivity contribution in [2.75, 3.05) is 0 Å². The largest absolute Gasteiger partial charge is 0.0654 e. The van der Waals surface area contributed by atoms with Gasteiger partial charge >= 0.3 is 0 Å². The molecule has 0 N–H and O–H groups in total. The van der Waals surface area contributed by atoms with Crippen molar-refractivity contribution in [2.45, 2.75) is 155 Å². The standard InChI is InChI=1S/C24H50.Na/c1-3-5-7-9-11-13-15-17-19-21-23-24-22-20-18-16-14-12-10-8-6-4-2;/h3-24H2,1-2H3;. The molecule has 0 bridgehead atoms. The molecule has 0 aromatic heterocycles. The molecule has 0 nitrogen and oxygen atoms in total. The van der Waals surface area contributed by atoms with Gasteiger partial charge in [-0.3, -0.25) is 0 Å². The van der Waals surface area contributed by atoms with E-state index in [1.54, 1.807) is 0 Å². The van der Waals surface area contributed by atoms with Gasteiger partial charge < -0.3 is 0 Å². The molecule has 147 valence electrons. The zero-order valence-corrected chi connectivity index (χ0v) is 20.6. The summed E-state index contributed by atoms with van der Waals surface area (Å²) in [4.78, 5) is 0. The van der Waals surface area contributed by atoms with Crippen molar-refractivity contribution in [3.05, 3.63) is 0 Å². The summed E-state index contributed by atoms with van der Waals surface area (Å²) in [6, 6.07) is 0. The van der Waals surface area contributed by atoms with E-state index >= 15 is 0 Å². The summed E-state index contributed by atoms with van der Waals surface area (Å²) < 4.78 is 0. The average molecular weight is 362 g/mol. The van der Waals surface area contributed by atoms with Crippen molar-refractivity contribution in [1.29, 1.82) is 0 Å². The molecular formula is C24H50Na. The summed E-state index contributed by atoms with van der Waals surface area (Å²) in [5.41, 5.74) is 0. The third kappa shape index (κ3) is 27.3. The minimum Gasteiger partial charge on any atom is -0.0654 e. The summed E-state index contributed by atoms with van der Waals surface area (Å²) in [5.74, 6) is 0. The van der Waals surface area contributed by atoms with Crippen LogP contribution < -0.4 is 0 Å². The van der Waals surface area contributed by atoms with E-state index in [0.717, 1.165) is 0 Å². The van der Waals surface area contributed by atoms with Crippen LogP contribution >= 0.6 is 0 Å². The summed E-state index contributed by atoms with van der Waals surface area (Å²) in [6.07, 6.45) is 32.4. The zero-order chi connectivity index (χ0) is 17.6. The Morgan fingerprint density at radius 1 is 0.240 bits per heavy atom. The fourth-order valence-electron chi connectivity index (χ4n) is 3.68. The van der Waals surface area contributed by atoms with E-state index in [2.05, 4.69) is 13.8 Å². The normalized spacial score (nSPS) is 10.8. The Kier molecular flexibility index (Phi) is 30.7. The molecule has 0 aliphatic rings. The summed E-state index contributed by atoms with van der Waals surface area (Å²) >= 11 is 0. The molecule has 0 amide bonds. The van der Waals surface area contributed by atoms with Crippen LogP contribution in [0.4, 0.5) is 0 Å². The minimum absolute atomic E-state index is 0. The van der Waals surface area contributed by atoms with E-state index in [1.165, 1.54) is 141 Å². The Balaban J connectivity index is 0. The summed E-state index contributed by atoms with van der Waals surface area (Å²) in [6.45, 7) is 4.60. The second-order valence-electron chi connectivity index (χ2n) is 8.07. The maximum Gasteiger partial charge on any atom is 0 e. The molecule has 0 aromatic carbocycles. The van der Waals surface area contributed by atoms with Crippen LogP contribution in [-0.2, 0) is 0 Å². The quantitative estimate of drug-likeness (QED) is 0.141. The van der Waals surface area contributed by atoms with Crippen molar-refractivity contribution in [3.8, 4) is 0 Å².